The van der Waals surface area contributed by atoms with Crippen molar-refractivity contribution in [3.05, 3.63) is 24.3 Å². The van der Waals surface area contributed by atoms with E-state index < -0.39 is 12.2 Å². The fourth-order valence-electron chi connectivity index (χ4n) is 4.02. The molecule has 0 rings (SSSR count). The van der Waals surface area contributed by atoms with E-state index in [0.29, 0.717) is 26.2 Å². The Kier molecular flexibility index (Phi) is 28.8. The lowest BCUT2D eigenvalue weighted by Crippen LogP contribution is -2.32. The highest BCUT2D eigenvalue weighted by Crippen LogP contribution is 2.13. The molecule has 2 atom stereocenters. The Balaban J connectivity index is 3.14. The van der Waals surface area contributed by atoms with Crippen LogP contribution in [0.3, 0.4) is 0 Å². The van der Waals surface area contributed by atoms with Gasteiger partial charge in [0, 0.05) is 26.2 Å². The normalized spacial score (nSPS) is 13.8. The van der Waals surface area contributed by atoms with Gasteiger partial charge in [0.15, 0.2) is 0 Å². The summed E-state index contributed by atoms with van der Waals surface area (Å²) in [4.78, 5) is 0. The average molecular weight is 497 g/mol. The van der Waals surface area contributed by atoms with Gasteiger partial charge in [-0.05, 0) is 51.6 Å². The molecule has 0 bridgehead atoms. The molecule has 0 spiro atoms. The average Bonchev–Trinajstić information content (AvgIpc) is 2.87. The van der Waals surface area contributed by atoms with Crippen LogP contribution in [0.1, 0.15) is 109 Å². The lowest BCUT2D eigenvalue weighted by Gasteiger charge is -2.07. The predicted octanol–water partition coefficient (Wildman–Crippen LogP) is 4.55. The van der Waals surface area contributed by atoms with Gasteiger partial charge in [-0.3, -0.25) is 0 Å². The standard InChI is InChI=1S/C29H60N4O2/c30-24-28(34)26-32-22-20-18-16-14-12-10-8-6-4-2-1-3-5-7-9-11-13-15-17-19-21-23-33-27-29(35)25-31/h16-19,28-29,32-35H,1-15,20-27,30-31H2. The molecule has 0 aliphatic heterocycles. The minimum atomic E-state index is -0.419. The van der Waals surface area contributed by atoms with Crippen molar-refractivity contribution >= 4 is 0 Å². The Morgan fingerprint density at radius 1 is 0.457 bits per heavy atom. The van der Waals surface area contributed by atoms with Crippen molar-refractivity contribution in [3.63, 3.8) is 0 Å². The quantitative estimate of drug-likeness (QED) is 0.0699. The maximum absolute atomic E-state index is 9.34. The summed E-state index contributed by atoms with van der Waals surface area (Å²) >= 11 is 0. The fraction of sp³-hybridized carbons (Fsp3) is 0.862. The SMILES string of the molecule is NCC(O)CNCCC=CCCCCCCCCCCCCCCCC=CCCNCC(O)CN. The Hall–Kier alpha value is -0.760. The van der Waals surface area contributed by atoms with Gasteiger partial charge in [0.2, 0.25) is 0 Å². The number of aliphatic hydroxyl groups excluding tert-OH is 2. The predicted molar refractivity (Wildman–Crippen MR) is 153 cm³/mol. The van der Waals surface area contributed by atoms with Gasteiger partial charge >= 0.3 is 0 Å². The number of nitrogens with two attached hydrogens (primary N) is 2. The maximum Gasteiger partial charge on any atom is 0.0786 e. The van der Waals surface area contributed by atoms with Crippen molar-refractivity contribution in [1.29, 1.82) is 0 Å². The number of unbranched alkanes of at least 4 members (excludes halogenated alkanes) is 14. The third-order valence-corrected chi connectivity index (χ3v) is 6.35. The number of hydrogen-bond acceptors (Lipinski definition) is 6. The number of rotatable bonds is 28. The molecular formula is C29H60N4O2. The molecule has 0 aliphatic rings. The summed E-state index contributed by atoms with van der Waals surface area (Å²) in [5, 5.41) is 25.1. The topological polar surface area (TPSA) is 117 Å². The Labute approximate surface area is 217 Å². The van der Waals surface area contributed by atoms with E-state index in [0.717, 1.165) is 25.9 Å². The first-order valence-electron chi connectivity index (χ1n) is 14.7. The molecule has 0 aromatic heterocycles. The smallest absolute Gasteiger partial charge is 0.0786 e. The van der Waals surface area contributed by atoms with Gasteiger partial charge in [0.1, 0.15) is 0 Å². The van der Waals surface area contributed by atoms with E-state index in [1.54, 1.807) is 0 Å². The van der Waals surface area contributed by atoms with Gasteiger partial charge in [-0.2, -0.15) is 0 Å². The highest BCUT2D eigenvalue weighted by Gasteiger charge is 1.98. The first kappa shape index (κ1) is 34.2. The van der Waals surface area contributed by atoms with Crippen LogP contribution in [0.5, 0.6) is 0 Å². The van der Waals surface area contributed by atoms with Crippen molar-refractivity contribution in [2.45, 2.75) is 121 Å². The van der Waals surface area contributed by atoms with Crippen LogP contribution in [0.25, 0.3) is 0 Å². The molecule has 0 aliphatic carbocycles. The van der Waals surface area contributed by atoms with Crippen LogP contribution < -0.4 is 22.1 Å². The second-order valence-electron chi connectivity index (χ2n) is 9.88. The maximum atomic E-state index is 9.34. The van der Waals surface area contributed by atoms with E-state index in [1.165, 1.54) is 96.3 Å². The summed E-state index contributed by atoms with van der Waals surface area (Å²) in [6.07, 6.45) is 30.7. The van der Waals surface area contributed by atoms with Gasteiger partial charge in [-0.1, -0.05) is 94.9 Å². The highest BCUT2D eigenvalue weighted by atomic mass is 16.3. The summed E-state index contributed by atoms with van der Waals surface area (Å²) in [5.74, 6) is 0. The molecule has 35 heavy (non-hydrogen) atoms. The molecule has 6 heteroatoms. The van der Waals surface area contributed by atoms with Gasteiger partial charge in [0.25, 0.3) is 0 Å². The summed E-state index contributed by atoms with van der Waals surface area (Å²) < 4.78 is 0. The minimum Gasteiger partial charge on any atom is -0.390 e. The highest BCUT2D eigenvalue weighted by molar-refractivity contribution is 4.83. The van der Waals surface area contributed by atoms with E-state index in [9.17, 15) is 10.2 Å². The van der Waals surface area contributed by atoms with Crippen molar-refractivity contribution in [2.24, 2.45) is 11.5 Å². The van der Waals surface area contributed by atoms with Crippen LogP contribution in [-0.2, 0) is 0 Å². The van der Waals surface area contributed by atoms with Gasteiger partial charge in [-0.25, -0.2) is 0 Å². The summed E-state index contributed by atoms with van der Waals surface area (Å²) in [5.41, 5.74) is 10.7. The summed E-state index contributed by atoms with van der Waals surface area (Å²) in [7, 11) is 0. The van der Waals surface area contributed by atoms with Crippen LogP contribution in [0.15, 0.2) is 24.3 Å². The first-order chi connectivity index (χ1) is 17.2. The Morgan fingerprint density at radius 3 is 1.06 bits per heavy atom. The third-order valence-electron chi connectivity index (χ3n) is 6.35. The summed E-state index contributed by atoms with van der Waals surface area (Å²) in [6.45, 7) is 3.65. The van der Waals surface area contributed by atoms with Gasteiger partial charge in [-0.15, -0.1) is 0 Å². The van der Waals surface area contributed by atoms with Crippen LogP contribution in [0, 0.1) is 0 Å². The van der Waals surface area contributed by atoms with E-state index in [4.69, 9.17) is 11.5 Å². The van der Waals surface area contributed by atoms with Crippen molar-refractivity contribution in [1.82, 2.24) is 10.6 Å². The zero-order chi connectivity index (χ0) is 25.7. The van der Waals surface area contributed by atoms with Crippen molar-refractivity contribution in [3.8, 4) is 0 Å². The first-order valence-corrected chi connectivity index (χ1v) is 14.7. The number of hydrogen-bond donors (Lipinski definition) is 6. The van der Waals surface area contributed by atoms with Crippen molar-refractivity contribution in [2.75, 3.05) is 39.3 Å². The molecule has 0 aromatic rings. The molecule has 0 saturated heterocycles. The van der Waals surface area contributed by atoms with Crippen LogP contribution >= 0.6 is 0 Å². The van der Waals surface area contributed by atoms with E-state index >= 15 is 0 Å². The summed E-state index contributed by atoms with van der Waals surface area (Å²) in [6, 6.07) is 0. The van der Waals surface area contributed by atoms with Crippen LogP contribution in [-0.4, -0.2) is 61.7 Å². The van der Waals surface area contributed by atoms with E-state index in [1.807, 2.05) is 0 Å². The van der Waals surface area contributed by atoms with Crippen molar-refractivity contribution < 1.29 is 10.2 Å². The van der Waals surface area contributed by atoms with Gasteiger partial charge < -0.3 is 32.3 Å². The monoisotopic (exact) mass is 496 g/mol. The third kappa shape index (κ3) is 29.4. The second-order valence-corrected chi connectivity index (χ2v) is 9.88. The number of allylic oxidation sites excluding steroid dienone is 2. The van der Waals surface area contributed by atoms with Crippen LogP contribution in [0.2, 0.25) is 0 Å². The lowest BCUT2D eigenvalue weighted by molar-refractivity contribution is 0.180. The lowest BCUT2D eigenvalue weighted by atomic mass is 10.0. The Bertz CT molecular complexity index is 420. The molecule has 0 saturated carbocycles. The molecule has 208 valence electrons. The number of aliphatic hydroxyl groups is 2. The van der Waals surface area contributed by atoms with Gasteiger partial charge in [0.05, 0.1) is 12.2 Å². The largest absolute Gasteiger partial charge is 0.390 e. The van der Waals surface area contributed by atoms with E-state index in [2.05, 4.69) is 34.9 Å². The molecule has 0 radical (unpaired) electrons. The fourth-order valence-corrected chi connectivity index (χ4v) is 4.02. The molecule has 0 aromatic carbocycles. The second kappa shape index (κ2) is 29.5. The molecule has 0 amide bonds. The van der Waals surface area contributed by atoms with Crippen LogP contribution in [0.4, 0.5) is 0 Å². The molecule has 6 nitrogen and oxygen atoms in total. The molecule has 0 heterocycles. The molecule has 8 N–H and O–H groups in total. The zero-order valence-corrected chi connectivity index (χ0v) is 22.8. The zero-order valence-electron chi connectivity index (χ0n) is 22.8. The molecule has 0 fully saturated rings. The Morgan fingerprint density at radius 2 is 0.743 bits per heavy atom. The molecule has 2 unspecified atom stereocenters. The van der Waals surface area contributed by atoms with E-state index in [-0.39, 0.29) is 0 Å². The molecular weight excluding hydrogens is 436 g/mol. The minimum absolute atomic E-state index is 0.326. The number of nitrogens with one attached hydrogen (secondary N) is 2.